The van der Waals surface area contributed by atoms with E-state index in [0.717, 1.165) is 16.4 Å². The van der Waals surface area contributed by atoms with Crippen LogP contribution in [-0.2, 0) is 10.0 Å². The summed E-state index contributed by atoms with van der Waals surface area (Å²) < 4.78 is 52.2. The largest absolute Gasteiger partial charge is 0.409 e. The summed E-state index contributed by atoms with van der Waals surface area (Å²) >= 11 is 0. The molecule has 0 saturated carbocycles. The van der Waals surface area contributed by atoms with Gasteiger partial charge < -0.3 is 10.9 Å². The Labute approximate surface area is 121 Å². The zero-order valence-corrected chi connectivity index (χ0v) is 12.4. The molecule has 6 nitrogen and oxygen atoms in total. The molecule has 0 aromatic heterocycles. The standard InChI is InChI=1S/C12H17F2N3O3S/c1-3-17(7-8(2)12(15)16-18)21(19,20)11-5-4-9(13)6-10(11)14/h4-6,8,18H,3,7H2,1-2H3,(H2,15,16). The van der Waals surface area contributed by atoms with Crippen LogP contribution in [0.4, 0.5) is 8.78 Å². The van der Waals surface area contributed by atoms with Crippen LogP contribution in [0.5, 0.6) is 0 Å². The maximum absolute atomic E-state index is 13.7. The molecule has 1 unspecified atom stereocenters. The Morgan fingerprint density at radius 3 is 2.57 bits per heavy atom. The zero-order chi connectivity index (χ0) is 16.2. The van der Waals surface area contributed by atoms with Crippen LogP contribution in [0, 0.1) is 17.6 Å². The number of halogens is 2. The van der Waals surface area contributed by atoms with Gasteiger partial charge in [-0.3, -0.25) is 0 Å². The molecule has 0 aliphatic heterocycles. The zero-order valence-electron chi connectivity index (χ0n) is 11.6. The average Bonchev–Trinajstić information content (AvgIpc) is 2.42. The molecule has 0 heterocycles. The molecular weight excluding hydrogens is 304 g/mol. The Kier molecular flexibility index (Phi) is 5.62. The Hall–Kier alpha value is -1.74. The molecule has 118 valence electrons. The predicted molar refractivity (Wildman–Crippen MR) is 73.4 cm³/mol. The van der Waals surface area contributed by atoms with Crippen molar-refractivity contribution in [2.75, 3.05) is 13.1 Å². The van der Waals surface area contributed by atoms with Crippen molar-refractivity contribution in [3.05, 3.63) is 29.8 Å². The van der Waals surface area contributed by atoms with E-state index in [4.69, 9.17) is 10.9 Å². The van der Waals surface area contributed by atoms with Crippen molar-refractivity contribution >= 4 is 15.9 Å². The molecule has 0 amide bonds. The minimum atomic E-state index is -4.14. The molecule has 0 aliphatic carbocycles. The molecule has 0 bridgehead atoms. The summed E-state index contributed by atoms with van der Waals surface area (Å²) in [5, 5.41) is 11.4. The second-order valence-electron chi connectivity index (χ2n) is 4.46. The summed E-state index contributed by atoms with van der Waals surface area (Å²) in [4.78, 5) is -0.613. The number of hydrogen-bond donors (Lipinski definition) is 2. The highest BCUT2D eigenvalue weighted by atomic mass is 32.2. The number of amidine groups is 1. The molecule has 1 aromatic rings. The van der Waals surface area contributed by atoms with Gasteiger partial charge in [0.05, 0.1) is 0 Å². The highest BCUT2D eigenvalue weighted by molar-refractivity contribution is 7.89. The fourth-order valence-corrected chi connectivity index (χ4v) is 3.30. The second-order valence-corrected chi connectivity index (χ2v) is 6.36. The average molecular weight is 321 g/mol. The third-order valence-corrected chi connectivity index (χ3v) is 4.94. The molecule has 0 saturated heterocycles. The van der Waals surface area contributed by atoms with Crippen LogP contribution in [0.3, 0.4) is 0 Å². The molecule has 1 atom stereocenters. The molecule has 0 spiro atoms. The molecule has 1 rings (SSSR count). The molecule has 1 aromatic carbocycles. The first-order valence-corrected chi connectivity index (χ1v) is 7.60. The van der Waals surface area contributed by atoms with Gasteiger partial charge in [-0.15, -0.1) is 0 Å². The number of nitrogens with two attached hydrogens (primary N) is 1. The van der Waals surface area contributed by atoms with E-state index in [0.29, 0.717) is 6.07 Å². The van der Waals surface area contributed by atoms with Crippen molar-refractivity contribution in [1.82, 2.24) is 4.31 Å². The Balaban J connectivity index is 3.14. The first-order valence-electron chi connectivity index (χ1n) is 6.16. The van der Waals surface area contributed by atoms with E-state index in [9.17, 15) is 17.2 Å². The fraction of sp³-hybridized carbons (Fsp3) is 0.417. The minimum absolute atomic E-state index is 0.0577. The van der Waals surface area contributed by atoms with Gasteiger partial charge in [-0.05, 0) is 12.1 Å². The van der Waals surface area contributed by atoms with Crippen LogP contribution in [0.15, 0.2) is 28.3 Å². The number of oxime groups is 1. The summed E-state index contributed by atoms with van der Waals surface area (Å²) in [6.07, 6.45) is 0. The number of nitrogens with zero attached hydrogens (tertiary/aromatic N) is 2. The molecular formula is C12H17F2N3O3S. The van der Waals surface area contributed by atoms with E-state index in [-0.39, 0.29) is 18.9 Å². The number of rotatable bonds is 6. The van der Waals surface area contributed by atoms with Crippen LogP contribution in [0.1, 0.15) is 13.8 Å². The smallest absolute Gasteiger partial charge is 0.245 e. The maximum atomic E-state index is 13.7. The maximum Gasteiger partial charge on any atom is 0.245 e. The van der Waals surface area contributed by atoms with Crippen molar-refractivity contribution in [1.29, 1.82) is 0 Å². The molecule has 0 aliphatic rings. The monoisotopic (exact) mass is 321 g/mol. The van der Waals surface area contributed by atoms with Gasteiger partial charge in [0, 0.05) is 25.1 Å². The third kappa shape index (κ3) is 3.88. The van der Waals surface area contributed by atoms with Gasteiger partial charge in [0.25, 0.3) is 0 Å². The Bertz CT molecular complexity index is 635. The van der Waals surface area contributed by atoms with Gasteiger partial charge in [0.2, 0.25) is 10.0 Å². The molecule has 0 radical (unpaired) electrons. The summed E-state index contributed by atoms with van der Waals surface area (Å²) in [7, 11) is -4.14. The van der Waals surface area contributed by atoms with Crippen molar-refractivity contribution in [2.45, 2.75) is 18.7 Å². The Morgan fingerprint density at radius 2 is 2.10 bits per heavy atom. The fourth-order valence-electron chi connectivity index (χ4n) is 1.72. The van der Waals surface area contributed by atoms with E-state index >= 15 is 0 Å². The quantitative estimate of drug-likeness (QED) is 0.358. The lowest BCUT2D eigenvalue weighted by Gasteiger charge is -2.23. The SMILES string of the molecule is CCN(CC(C)C(N)=NO)S(=O)(=O)c1ccc(F)cc1F. The normalized spacial score (nSPS) is 14.4. The molecule has 21 heavy (non-hydrogen) atoms. The van der Waals surface area contributed by atoms with E-state index in [1.54, 1.807) is 13.8 Å². The third-order valence-electron chi connectivity index (χ3n) is 2.96. The molecule has 3 N–H and O–H groups in total. The van der Waals surface area contributed by atoms with Crippen LogP contribution in [-0.4, -0.2) is 36.9 Å². The second kappa shape index (κ2) is 6.81. The van der Waals surface area contributed by atoms with Crippen LogP contribution in [0.25, 0.3) is 0 Å². The van der Waals surface area contributed by atoms with Crippen molar-refractivity contribution < 1.29 is 22.4 Å². The summed E-state index contributed by atoms with van der Waals surface area (Å²) in [5.74, 6) is -2.72. The lowest BCUT2D eigenvalue weighted by atomic mass is 10.1. The number of hydrogen-bond acceptors (Lipinski definition) is 4. The topological polar surface area (TPSA) is 96.0 Å². The van der Waals surface area contributed by atoms with Gasteiger partial charge in [-0.1, -0.05) is 19.0 Å². The first-order chi connectivity index (χ1) is 9.73. The first kappa shape index (κ1) is 17.3. The lowest BCUT2D eigenvalue weighted by molar-refractivity contribution is 0.311. The summed E-state index contributed by atoms with van der Waals surface area (Å²) in [6, 6.07) is 2.25. The van der Waals surface area contributed by atoms with Crippen molar-refractivity contribution in [3.8, 4) is 0 Å². The molecule has 9 heteroatoms. The number of benzene rings is 1. The van der Waals surface area contributed by atoms with Gasteiger partial charge in [-0.25, -0.2) is 17.2 Å². The van der Waals surface area contributed by atoms with Crippen LogP contribution >= 0.6 is 0 Å². The highest BCUT2D eigenvalue weighted by Gasteiger charge is 2.28. The Morgan fingerprint density at radius 1 is 1.48 bits per heavy atom. The highest BCUT2D eigenvalue weighted by Crippen LogP contribution is 2.21. The summed E-state index contributed by atoms with van der Waals surface area (Å²) in [6.45, 7) is 3.10. The van der Waals surface area contributed by atoms with Gasteiger partial charge in [-0.2, -0.15) is 4.31 Å². The van der Waals surface area contributed by atoms with Gasteiger partial charge in [0.1, 0.15) is 22.4 Å². The van der Waals surface area contributed by atoms with Crippen molar-refractivity contribution in [3.63, 3.8) is 0 Å². The van der Waals surface area contributed by atoms with E-state index in [1.165, 1.54) is 0 Å². The van der Waals surface area contributed by atoms with Crippen LogP contribution < -0.4 is 5.73 Å². The molecule has 0 fully saturated rings. The van der Waals surface area contributed by atoms with Gasteiger partial charge >= 0.3 is 0 Å². The summed E-state index contributed by atoms with van der Waals surface area (Å²) in [5.41, 5.74) is 5.41. The van der Waals surface area contributed by atoms with E-state index < -0.39 is 32.5 Å². The van der Waals surface area contributed by atoms with E-state index in [2.05, 4.69) is 5.16 Å². The van der Waals surface area contributed by atoms with Crippen molar-refractivity contribution in [2.24, 2.45) is 16.8 Å². The number of sulfonamides is 1. The van der Waals surface area contributed by atoms with Gasteiger partial charge in [0.15, 0.2) is 0 Å². The lowest BCUT2D eigenvalue weighted by Crippen LogP contribution is -2.39. The predicted octanol–water partition coefficient (Wildman–Crippen LogP) is 1.36. The van der Waals surface area contributed by atoms with Crippen LogP contribution in [0.2, 0.25) is 0 Å². The minimum Gasteiger partial charge on any atom is -0.409 e. The van der Waals surface area contributed by atoms with E-state index in [1.807, 2.05) is 0 Å².